The quantitative estimate of drug-likeness (QED) is 0.275. The number of hydrogen-bond donors (Lipinski definition) is 1. The largest absolute Gasteiger partial charge is 0.493 e. The highest BCUT2D eigenvalue weighted by atomic mass is 31.2. The molecular formula is C25H30O4P+. The van der Waals surface area contributed by atoms with Gasteiger partial charge in [-0.15, -0.1) is 0 Å². The lowest BCUT2D eigenvalue weighted by molar-refractivity contribution is -0.107. The first kappa shape index (κ1) is 22.5. The number of benzene rings is 3. The van der Waals surface area contributed by atoms with Gasteiger partial charge in [0.25, 0.3) is 0 Å². The fraction of sp³-hybridized carbons (Fsp3) is 0.280. The predicted octanol–water partition coefficient (Wildman–Crippen LogP) is 4.71. The van der Waals surface area contributed by atoms with E-state index in [1.165, 1.54) is 0 Å². The SMILES string of the molecule is COC(OC)c1ccccc1OCCCC[P+](O)(c1ccccc1)c1ccccc1. The van der Waals surface area contributed by atoms with Gasteiger partial charge in [-0.05, 0) is 43.2 Å². The molecule has 0 fully saturated rings. The van der Waals surface area contributed by atoms with Gasteiger partial charge in [-0.3, -0.25) is 0 Å². The first-order chi connectivity index (χ1) is 14.7. The van der Waals surface area contributed by atoms with Crippen molar-refractivity contribution in [2.24, 2.45) is 0 Å². The number of para-hydroxylation sites is 1. The normalized spacial score (nSPS) is 11.6. The van der Waals surface area contributed by atoms with Crippen molar-refractivity contribution < 1.29 is 19.1 Å². The molecule has 0 spiro atoms. The lowest BCUT2D eigenvalue weighted by Gasteiger charge is -2.20. The van der Waals surface area contributed by atoms with Crippen molar-refractivity contribution in [2.45, 2.75) is 19.1 Å². The predicted molar refractivity (Wildman–Crippen MR) is 124 cm³/mol. The van der Waals surface area contributed by atoms with Crippen LogP contribution in [0.4, 0.5) is 0 Å². The van der Waals surface area contributed by atoms with Gasteiger partial charge >= 0.3 is 0 Å². The molecule has 1 N–H and O–H groups in total. The van der Waals surface area contributed by atoms with Crippen LogP contribution in [0.15, 0.2) is 84.9 Å². The van der Waals surface area contributed by atoms with Crippen molar-refractivity contribution in [2.75, 3.05) is 27.0 Å². The topological polar surface area (TPSA) is 47.9 Å². The highest BCUT2D eigenvalue weighted by molar-refractivity contribution is 7.84. The van der Waals surface area contributed by atoms with E-state index in [2.05, 4.69) is 0 Å². The van der Waals surface area contributed by atoms with E-state index in [1.807, 2.05) is 84.9 Å². The molecule has 0 bridgehead atoms. The summed E-state index contributed by atoms with van der Waals surface area (Å²) in [6.45, 7) is 0.570. The Kier molecular flexibility index (Phi) is 8.41. The molecule has 4 nitrogen and oxygen atoms in total. The molecule has 158 valence electrons. The first-order valence-electron chi connectivity index (χ1n) is 10.2. The Morgan fingerprint density at radius 3 is 1.83 bits per heavy atom. The van der Waals surface area contributed by atoms with Crippen LogP contribution in [-0.2, 0) is 9.47 Å². The summed E-state index contributed by atoms with van der Waals surface area (Å²) in [6.07, 6.45) is 1.99. The van der Waals surface area contributed by atoms with Crippen LogP contribution < -0.4 is 15.3 Å². The second-order valence-electron chi connectivity index (χ2n) is 7.06. The maximum Gasteiger partial charge on any atom is 0.206 e. The molecule has 0 aliphatic carbocycles. The zero-order chi connectivity index (χ0) is 21.2. The summed E-state index contributed by atoms with van der Waals surface area (Å²) in [5.74, 6) is 0.766. The van der Waals surface area contributed by atoms with Gasteiger partial charge < -0.3 is 14.2 Å². The number of rotatable bonds is 11. The molecule has 30 heavy (non-hydrogen) atoms. The zero-order valence-electron chi connectivity index (χ0n) is 17.6. The number of hydrogen-bond acceptors (Lipinski definition) is 4. The van der Waals surface area contributed by atoms with Crippen LogP contribution in [0.25, 0.3) is 0 Å². The maximum atomic E-state index is 11.7. The van der Waals surface area contributed by atoms with Crippen LogP contribution in [0, 0.1) is 0 Å². The fourth-order valence-corrected chi connectivity index (χ4v) is 6.36. The molecule has 0 saturated carbocycles. The van der Waals surface area contributed by atoms with Crippen molar-refractivity contribution in [1.82, 2.24) is 0 Å². The standard InChI is InChI=1S/C25H30O4P/c1-27-25(28-2)23-17-9-10-18-24(23)29-19-11-12-20-30(26,21-13-5-3-6-14-21)22-15-7-4-8-16-22/h3-10,13-18,25-26H,11-12,19-20H2,1-2H3/q+1. The van der Waals surface area contributed by atoms with Gasteiger partial charge in [0, 0.05) is 19.8 Å². The van der Waals surface area contributed by atoms with Crippen LogP contribution in [0.5, 0.6) is 5.75 Å². The second kappa shape index (κ2) is 11.2. The molecule has 0 heterocycles. The molecule has 0 aliphatic heterocycles. The van der Waals surface area contributed by atoms with Gasteiger partial charge in [0.15, 0.2) is 6.29 Å². The minimum absolute atomic E-state index is 0.451. The maximum absolute atomic E-state index is 11.7. The average Bonchev–Trinajstić information content (AvgIpc) is 2.81. The molecule has 0 amide bonds. The van der Waals surface area contributed by atoms with Crippen molar-refractivity contribution in [3.05, 3.63) is 90.5 Å². The monoisotopic (exact) mass is 425 g/mol. The summed E-state index contributed by atoms with van der Waals surface area (Å²) in [5.41, 5.74) is 0.875. The van der Waals surface area contributed by atoms with Crippen LogP contribution in [-0.4, -0.2) is 31.9 Å². The molecule has 3 aromatic rings. The zero-order valence-corrected chi connectivity index (χ0v) is 18.5. The lowest BCUT2D eigenvalue weighted by atomic mass is 10.2. The summed E-state index contributed by atoms with van der Waals surface area (Å²) in [4.78, 5) is 11.7. The minimum Gasteiger partial charge on any atom is -0.493 e. The summed E-state index contributed by atoms with van der Waals surface area (Å²) < 4.78 is 16.7. The van der Waals surface area contributed by atoms with Gasteiger partial charge in [0.05, 0.1) is 12.8 Å². The van der Waals surface area contributed by atoms with Crippen LogP contribution in [0.1, 0.15) is 24.7 Å². The van der Waals surface area contributed by atoms with Gasteiger partial charge in [-0.25, -0.2) is 4.89 Å². The van der Waals surface area contributed by atoms with E-state index in [4.69, 9.17) is 14.2 Å². The molecule has 0 aromatic heterocycles. The Morgan fingerprint density at radius 1 is 0.733 bits per heavy atom. The third kappa shape index (κ3) is 5.47. The van der Waals surface area contributed by atoms with Gasteiger partial charge in [-0.2, -0.15) is 0 Å². The Labute approximate surface area is 179 Å². The molecule has 0 aliphatic rings. The van der Waals surface area contributed by atoms with Crippen molar-refractivity contribution in [3.63, 3.8) is 0 Å². The van der Waals surface area contributed by atoms with Crippen molar-refractivity contribution in [1.29, 1.82) is 0 Å². The van der Waals surface area contributed by atoms with Crippen molar-refractivity contribution >= 4 is 18.1 Å². The van der Waals surface area contributed by atoms with E-state index in [-0.39, 0.29) is 0 Å². The first-order valence-corrected chi connectivity index (χ1v) is 12.1. The molecule has 0 unspecified atom stereocenters. The van der Waals surface area contributed by atoms with Crippen molar-refractivity contribution in [3.8, 4) is 5.75 Å². The molecule has 5 heteroatoms. The van der Waals surface area contributed by atoms with E-state index in [1.54, 1.807) is 14.2 Å². The minimum atomic E-state index is -2.42. The molecule has 0 radical (unpaired) electrons. The van der Waals surface area contributed by atoms with E-state index >= 15 is 0 Å². The molecular weight excluding hydrogens is 395 g/mol. The van der Waals surface area contributed by atoms with E-state index in [9.17, 15) is 4.89 Å². The van der Waals surface area contributed by atoms with Gasteiger partial charge in [0.1, 0.15) is 16.4 Å². The van der Waals surface area contributed by atoms with E-state index < -0.39 is 13.8 Å². The Hall–Kier alpha value is -2.23. The van der Waals surface area contributed by atoms with E-state index in [0.717, 1.165) is 40.9 Å². The molecule has 0 atom stereocenters. The number of methoxy groups -OCH3 is 2. The fourth-order valence-electron chi connectivity index (χ4n) is 3.54. The smallest absolute Gasteiger partial charge is 0.206 e. The number of ether oxygens (including phenoxy) is 3. The third-order valence-corrected chi connectivity index (χ3v) is 8.37. The average molecular weight is 425 g/mol. The van der Waals surface area contributed by atoms with Gasteiger partial charge in [0.2, 0.25) is 7.49 Å². The Balaban J connectivity index is 1.62. The number of unbranched alkanes of at least 4 members (excludes halogenated alkanes) is 1. The van der Waals surface area contributed by atoms with Crippen LogP contribution in [0.3, 0.4) is 0 Å². The summed E-state index contributed by atoms with van der Waals surface area (Å²) in [5, 5.41) is 2.04. The van der Waals surface area contributed by atoms with E-state index in [0.29, 0.717) is 6.61 Å². The lowest BCUT2D eigenvalue weighted by Crippen LogP contribution is -2.24. The Bertz CT molecular complexity index is 842. The highest BCUT2D eigenvalue weighted by Gasteiger charge is 2.40. The summed E-state index contributed by atoms with van der Waals surface area (Å²) in [6, 6.07) is 27.8. The van der Waals surface area contributed by atoms with Gasteiger partial charge in [-0.1, -0.05) is 54.6 Å². The Morgan fingerprint density at radius 2 is 1.27 bits per heavy atom. The summed E-state index contributed by atoms with van der Waals surface area (Å²) in [7, 11) is 0.811. The molecule has 3 rings (SSSR count). The highest BCUT2D eigenvalue weighted by Crippen LogP contribution is 2.52. The van der Waals surface area contributed by atoms with Crippen LogP contribution in [0.2, 0.25) is 0 Å². The third-order valence-electron chi connectivity index (χ3n) is 5.10. The molecule has 0 saturated heterocycles. The van der Waals surface area contributed by atoms with Crippen LogP contribution >= 0.6 is 7.49 Å². The second-order valence-corrected chi connectivity index (χ2v) is 10.1. The molecule has 3 aromatic carbocycles. The summed E-state index contributed by atoms with van der Waals surface area (Å²) >= 11 is 0.